The van der Waals surface area contributed by atoms with Gasteiger partial charge in [0.05, 0.1) is 18.1 Å². The maximum absolute atomic E-state index is 14.8. The molecule has 0 spiro atoms. The Morgan fingerprint density at radius 1 is 1.00 bits per heavy atom. The summed E-state index contributed by atoms with van der Waals surface area (Å²) in [4.78, 5) is 43.4. The highest BCUT2D eigenvalue weighted by Gasteiger charge is 2.43. The molecule has 246 valence electrons. The van der Waals surface area contributed by atoms with E-state index in [1.165, 1.54) is 11.1 Å². The van der Waals surface area contributed by atoms with Crippen LogP contribution in [0.3, 0.4) is 0 Å². The van der Waals surface area contributed by atoms with Gasteiger partial charge in [0.2, 0.25) is 5.91 Å². The second-order valence-electron chi connectivity index (χ2n) is 13.4. The molecule has 1 aliphatic carbocycles. The van der Waals surface area contributed by atoms with Gasteiger partial charge in [0.1, 0.15) is 11.6 Å². The summed E-state index contributed by atoms with van der Waals surface area (Å²) in [5.41, 5.74) is 4.85. The fourth-order valence-electron chi connectivity index (χ4n) is 6.69. The zero-order valence-electron chi connectivity index (χ0n) is 27.4. The van der Waals surface area contributed by atoms with Crippen LogP contribution in [0.2, 0.25) is 5.02 Å². The van der Waals surface area contributed by atoms with Gasteiger partial charge in [-0.15, -0.1) is 0 Å². The molecular formula is C37H43ClN6O3. The molecule has 4 aromatic rings. The van der Waals surface area contributed by atoms with Gasteiger partial charge in [0.15, 0.2) is 0 Å². The van der Waals surface area contributed by atoms with E-state index in [4.69, 9.17) is 21.3 Å². The fraction of sp³-hybridized carbons (Fsp3) is 0.405. The molecule has 2 atom stereocenters. The number of carbonyl (C=O) groups excluding carboxylic acids is 2. The molecule has 0 saturated carbocycles. The number of rotatable bonds is 8. The van der Waals surface area contributed by atoms with Gasteiger partial charge in [-0.05, 0) is 80.5 Å². The Morgan fingerprint density at radius 3 is 2.57 bits per heavy atom. The number of imidazole rings is 1. The van der Waals surface area contributed by atoms with Crippen molar-refractivity contribution in [3.63, 3.8) is 0 Å². The lowest BCUT2D eigenvalue weighted by Gasteiger charge is -2.45. The summed E-state index contributed by atoms with van der Waals surface area (Å²) in [6.07, 6.45) is 9.30. The van der Waals surface area contributed by atoms with Gasteiger partial charge in [-0.1, -0.05) is 54.1 Å². The lowest BCUT2D eigenvalue weighted by molar-refractivity contribution is -0.140. The number of benzene rings is 2. The highest BCUT2D eigenvalue weighted by molar-refractivity contribution is 6.30. The molecular weight excluding hydrogens is 612 g/mol. The van der Waals surface area contributed by atoms with Crippen molar-refractivity contribution in [1.29, 1.82) is 0 Å². The second-order valence-corrected chi connectivity index (χ2v) is 13.8. The van der Waals surface area contributed by atoms with Gasteiger partial charge in [0.25, 0.3) is 0 Å². The monoisotopic (exact) mass is 654 g/mol. The smallest absolute Gasteiger partial charge is 0.411 e. The van der Waals surface area contributed by atoms with Crippen molar-refractivity contribution in [2.24, 2.45) is 0 Å². The van der Waals surface area contributed by atoms with E-state index in [0.717, 1.165) is 42.6 Å². The molecule has 2 amide bonds. The molecule has 0 bridgehead atoms. The zero-order chi connectivity index (χ0) is 33.0. The largest absolute Gasteiger partial charge is 0.444 e. The lowest BCUT2D eigenvalue weighted by atomic mass is 9.95. The number of carbonyl (C=O) groups is 2. The molecule has 2 aromatic heterocycles. The Hall–Kier alpha value is -4.21. The summed E-state index contributed by atoms with van der Waals surface area (Å²) >= 11 is 6.48. The van der Waals surface area contributed by atoms with E-state index in [-0.39, 0.29) is 11.9 Å². The Bertz CT molecular complexity index is 1670. The van der Waals surface area contributed by atoms with Crippen molar-refractivity contribution in [1.82, 2.24) is 29.2 Å². The van der Waals surface area contributed by atoms with Crippen LogP contribution in [-0.4, -0.2) is 79.1 Å². The molecule has 2 unspecified atom stereocenters. The normalized spacial score (nSPS) is 18.2. The van der Waals surface area contributed by atoms with E-state index in [2.05, 4.69) is 28.1 Å². The number of halogens is 1. The van der Waals surface area contributed by atoms with E-state index in [0.29, 0.717) is 37.7 Å². The van der Waals surface area contributed by atoms with Crippen LogP contribution in [0.1, 0.15) is 61.2 Å². The van der Waals surface area contributed by atoms with Crippen LogP contribution in [0.25, 0.3) is 0 Å². The molecule has 0 radical (unpaired) electrons. The van der Waals surface area contributed by atoms with Gasteiger partial charge in [0, 0.05) is 62.9 Å². The van der Waals surface area contributed by atoms with Crippen molar-refractivity contribution in [2.75, 3.05) is 26.2 Å². The minimum atomic E-state index is -0.748. The van der Waals surface area contributed by atoms with Gasteiger partial charge in [-0.2, -0.15) is 0 Å². The van der Waals surface area contributed by atoms with Crippen LogP contribution in [0.5, 0.6) is 0 Å². The number of amides is 2. The third-order valence-electron chi connectivity index (χ3n) is 8.87. The summed E-state index contributed by atoms with van der Waals surface area (Å²) in [6, 6.07) is 19.3. The molecule has 2 aliphatic rings. The first-order valence-corrected chi connectivity index (χ1v) is 16.8. The third kappa shape index (κ3) is 7.85. The van der Waals surface area contributed by atoms with Gasteiger partial charge in [-0.25, -0.2) is 9.78 Å². The predicted molar refractivity (Wildman–Crippen MR) is 182 cm³/mol. The lowest BCUT2D eigenvalue weighted by Crippen LogP contribution is -2.62. The van der Waals surface area contributed by atoms with E-state index < -0.39 is 17.7 Å². The first-order valence-electron chi connectivity index (χ1n) is 16.4. The molecule has 1 fully saturated rings. The average Bonchev–Trinajstić information content (AvgIpc) is 3.52. The summed E-state index contributed by atoms with van der Waals surface area (Å²) in [6.45, 7) is 8.51. The summed E-state index contributed by atoms with van der Waals surface area (Å²) < 4.78 is 7.89. The van der Waals surface area contributed by atoms with Crippen molar-refractivity contribution >= 4 is 23.6 Å². The number of hydrogen-bond donors (Lipinski definition) is 0. The Morgan fingerprint density at radius 2 is 1.81 bits per heavy atom. The first-order chi connectivity index (χ1) is 22.7. The number of fused-ring (bicyclic) bond motifs is 2. The summed E-state index contributed by atoms with van der Waals surface area (Å²) in [5, 5.41) is 0.705. The van der Waals surface area contributed by atoms with Crippen molar-refractivity contribution in [2.45, 2.75) is 70.8 Å². The Labute approximate surface area is 282 Å². The molecule has 2 aromatic carbocycles. The second kappa shape index (κ2) is 14.3. The minimum Gasteiger partial charge on any atom is -0.444 e. The molecule has 10 heteroatoms. The number of nitrogens with zero attached hydrogens (tertiary/aromatic N) is 6. The Kier molecular flexibility index (Phi) is 9.94. The number of aryl methyl sites for hydroxylation is 3. The van der Waals surface area contributed by atoms with Crippen molar-refractivity contribution in [3.8, 4) is 0 Å². The minimum absolute atomic E-state index is 0.0961. The average molecular weight is 655 g/mol. The van der Waals surface area contributed by atoms with Crippen LogP contribution >= 0.6 is 11.6 Å². The van der Waals surface area contributed by atoms with Gasteiger partial charge in [-0.3, -0.25) is 19.6 Å². The number of piperazine rings is 1. The first kappa shape index (κ1) is 32.7. The maximum atomic E-state index is 14.8. The van der Waals surface area contributed by atoms with Crippen LogP contribution < -0.4 is 0 Å². The third-order valence-corrected chi connectivity index (χ3v) is 9.10. The number of hydrogen-bond acceptors (Lipinski definition) is 6. The van der Waals surface area contributed by atoms with E-state index in [1.54, 1.807) is 17.4 Å². The highest BCUT2D eigenvalue weighted by atomic mass is 35.5. The van der Waals surface area contributed by atoms with Crippen molar-refractivity contribution < 1.29 is 14.3 Å². The van der Waals surface area contributed by atoms with Crippen molar-refractivity contribution in [3.05, 3.63) is 119 Å². The molecule has 6 rings (SSSR count). The quantitative estimate of drug-likeness (QED) is 0.226. The number of ether oxygens (including phenoxy) is 1. The molecule has 47 heavy (non-hydrogen) atoms. The van der Waals surface area contributed by atoms with Gasteiger partial charge < -0.3 is 14.2 Å². The molecule has 3 heterocycles. The summed E-state index contributed by atoms with van der Waals surface area (Å²) in [7, 11) is 0. The molecule has 0 N–H and O–H groups in total. The van der Waals surface area contributed by atoms with Gasteiger partial charge >= 0.3 is 6.09 Å². The maximum Gasteiger partial charge on any atom is 0.411 e. The molecule has 1 saturated heterocycles. The highest BCUT2D eigenvalue weighted by Crippen LogP contribution is 2.38. The number of aromatic nitrogens is 3. The van der Waals surface area contributed by atoms with E-state index >= 15 is 0 Å². The molecule has 1 aliphatic heterocycles. The number of pyridine rings is 1. The summed E-state index contributed by atoms with van der Waals surface area (Å²) in [5.74, 6) is -0.0961. The van der Waals surface area contributed by atoms with Crippen LogP contribution in [0.4, 0.5) is 4.79 Å². The Balaban J connectivity index is 1.35. The van der Waals surface area contributed by atoms with Crippen LogP contribution in [-0.2, 0) is 35.5 Å². The fourth-order valence-corrected chi connectivity index (χ4v) is 6.88. The van der Waals surface area contributed by atoms with Crippen LogP contribution in [0, 0.1) is 0 Å². The predicted octanol–water partition coefficient (Wildman–Crippen LogP) is 6.16. The van der Waals surface area contributed by atoms with Crippen LogP contribution in [0.15, 0.2) is 85.6 Å². The van der Waals surface area contributed by atoms with E-state index in [9.17, 15) is 9.59 Å². The topological polar surface area (TPSA) is 83.8 Å². The standard InChI is InChI=1S/C37H43ClN6O3/c1-37(2,3)47-36(46)44-22-21-42(34-31-15-14-30(38)23-29(31)13-12-28-11-7-16-40-33(28)34)25-32(44)35(45)43(24-27-9-5-4-6-10-27)19-8-18-41-20-17-39-26-41/h4-7,9-11,14-17,20,23,26,32,34H,8,12-13,18-19,21-22,24-25H2,1-3H3. The molecule has 9 nitrogen and oxygen atoms in total. The SMILES string of the molecule is CC(C)(C)OC(=O)N1CCN(C2c3ccc(Cl)cc3CCc3cccnc32)CC1C(=O)N(CCCn1ccnc1)Cc1ccccc1. The zero-order valence-corrected chi connectivity index (χ0v) is 28.1. The van der Waals surface area contributed by atoms with E-state index in [1.807, 2.05) is 85.1 Å².